The molecule has 2 aromatic heterocycles. The van der Waals surface area contributed by atoms with Gasteiger partial charge in [-0.1, -0.05) is 29.8 Å². The van der Waals surface area contributed by atoms with Crippen LogP contribution in [0.25, 0.3) is 10.6 Å². The van der Waals surface area contributed by atoms with Gasteiger partial charge in [-0.3, -0.25) is 4.79 Å². The normalized spacial score (nSPS) is 14.1. The number of benzene rings is 1. The Kier molecular flexibility index (Phi) is 5.64. The Labute approximate surface area is 168 Å². The Hall–Kier alpha value is -2.77. The number of morpholine rings is 1. The summed E-state index contributed by atoms with van der Waals surface area (Å²) in [5.74, 6) is 0.778. The van der Waals surface area contributed by atoms with Crippen LogP contribution in [0.15, 0.2) is 48.0 Å². The van der Waals surface area contributed by atoms with Crippen LogP contribution in [0.1, 0.15) is 21.6 Å². The minimum absolute atomic E-state index is 0.166. The molecule has 1 aromatic carbocycles. The number of carbonyl (C=O) groups is 1. The van der Waals surface area contributed by atoms with Crippen molar-refractivity contribution < 1.29 is 9.53 Å². The first kappa shape index (κ1) is 18.6. The zero-order chi connectivity index (χ0) is 19.3. The largest absolute Gasteiger partial charge is 0.378 e. The van der Waals surface area contributed by atoms with Crippen molar-refractivity contribution in [3.63, 3.8) is 0 Å². The molecule has 28 heavy (non-hydrogen) atoms. The monoisotopic (exact) mass is 394 g/mol. The number of carbonyl (C=O) groups excluding carboxylic acids is 1. The van der Waals surface area contributed by atoms with Gasteiger partial charge >= 0.3 is 0 Å². The number of aryl methyl sites for hydroxylation is 1. The fraction of sp³-hybridized carbons (Fsp3) is 0.286. The van der Waals surface area contributed by atoms with Gasteiger partial charge in [0.15, 0.2) is 0 Å². The van der Waals surface area contributed by atoms with E-state index in [4.69, 9.17) is 4.74 Å². The van der Waals surface area contributed by atoms with Crippen LogP contribution >= 0.6 is 11.3 Å². The molecular weight excluding hydrogens is 372 g/mol. The molecule has 1 amide bonds. The number of ether oxygens (including phenoxy) is 1. The summed E-state index contributed by atoms with van der Waals surface area (Å²) < 4.78 is 5.38. The van der Waals surface area contributed by atoms with Crippen molar-refractivity contribution in [1.82, 2.24) is 15.3 Å². The molecule has 0 unspecified atom stereocenters. The van der Waals surface area contributed by atoms with E-state index >= 15 is 0 Å². The molecular formula is C21H22N4O2S. The molecule has 1 N–H and O–H groups in total. The van der Waals surface area contributed by atoms with E-state index in [0.29, 0.717) is 12.2 Å². The molecule has 3 aromatic rings. The Morgan fingerprint density at radius 1 is 1.18 bits per heavy atom. The summed E-state index contributed by atoms with van der Waals surface area (Å²) in [7, 11) is 0. The number of aromatic nitrogens is 2. The highest BCUT2D eigenvalue weighted by Gasteiger charge is 2.14. The number of nitrogens with zero attached hydrogens (tertiary/aromatic N) is 3. The molecule has 1 aliphatic rings. The first-order valence-corrected chi connectivity index (χ1v) is 10.2. The predicted octanol–water partition coefficient (Wildman–Crippen LogP) is 3.28. The van der Waals surface area contributed by atoms with Gasteiger partial charge in [-0.25, -0.2) is 9.97 Å². The molecule has 0 atom stereocenters. The zero-order valence-corrected chi connectivity index (χ0v) is 16.5. The van der Waals surface area contributed by atoms with Crippen molar-refractivity contribution in [2.24, 2.45) is 0 Å². The molecule has 6 nitrogen and oxygen atoms in total. The average molecular weight is 395 g/mol. The second-order valence-electron chi connectivity index (χ2n) is 6.71. The Bertz CT molecular complexity index is 932. The van der Waals surface area contributed by atoms with Crippen molar-refractivity contribution in [3.05, 3.63) is 64.8 Å². The van der Waals surface area contributed by atoms with E-state index in [-0.39, 0.29) is 5.91 Å². The van der Waals surface area contributed by atoms with E-state index in [1.54, 1.807) is 5.38 Å². The third-order valence-electron chi connectivity index (χ3n) is 4.64. The van der Waals surface area contributed by atoms with Crippen LogP contribution in [0.3, 0.4) is 0 Å². The summed E-state index contributed by atoms with van der Waals surface area (Å²) in [4.78, 5) is 23.6. The van der Waals surface area contributed by atoms with Gasteiger partial charge in [0.25, 0.3) is 5.91 Å². The van der Waals surface area contributed by atoms with Gasteiger partial charge in [-0.05, 0) is 24.6 Å². The van der Waals surface area contributed by atoms with Crippen LogP contribution in [0, 0.1) is 6.92 Å². The van der Waals surface area contributed by atoms with Gasteiger partial charge < -0.3 is 15.0 Å². The second-order valence-corrected chi connectivity index (χ2v) is 7.57. The summed E-state index contributed by atoms with van der Waals surface area (Å²) in [6.07, 6.45) is 1.82. The van der Waals surface area contributed by atoms with E-state index in [2.05, 4.69) is 20.2 Å². The number of amides is 1. The van der Waals surface area contributed by atoms with E-state index < -0.39 is 0 Å². The number of anilines is 1. The maximum atomic E-state index is 12.4. The first-order valence-electron chi connectivity index (χ1n) is 9.27. The highest BCUT2D eigenvalue weighted by Crippen LogP contribution is 2.25. The van der Waals surface area contributed by atoms with Crippen LogP contribution < -0.4 is 10.2 Å². The van der Waals surface area contributed by atoms with Crippen LogP contribution in [0.2, 0.25) is 0 Å². The van der Waals surface area contributed by atoms with E-state index in [9.17, 15) is 4.79 Å². The maximum absolute atomic E-state index is 12.4. The smallest absolute Gasteiger partial charge is 0.271 e. The molecule has 0 bridgehead atoms. The Morgan fingerprint density at radius 2 is 1.96 bits per heavy atom. The third kappa shape index (κ3) is 4.37. The Balaban J connectivity index is 1.39. The van der Waals surface area contributed by atoms with Gasteiger partial charge in [0.2, 0.25) is 0 Å². The fourth-order valence-electron chi connectivity index (χ4n) is 2.98. The van der Waals surface area contributed by atoms with E-state index in [0.717, 1.165) is 48.3 Å². The summed E-state index contributed by atoms with van der Waals surface area (Å²) in [5.41, 5.74) is 3.62. The number of hydrogen-bond acceptors (Lipinski definition) is 6. The molecule has 4 rings (SSSR count). The van der Waals surface area contributed by atoms with Gasteiger partial charge in [0.05, 0.1) is 13.2 Å². The average Bonchev–Trinajstić information content (AvgIpc) is 3.24. The summed E-state index contributed by atoms with van der Waals surface area (Å²) in [6.45, 7) is 5.71. The van der Waals surface area contributed by atoms with Gasteiger partial charge in [0, 0.05) is 36.8 Å². The van der Waals surface area contributed by atoms with Crippen LogP contribution in [0.4, 0.5) is 5.82 Å². The highest BCUT2D eigenvalue weighted by atomic mass is 32.1. The minimum atomic E-state index is -0.166. The molecule has 1 saturated heterocycles. The van der Waals surface area contributed by atoms with E-state index in [1.807, 2.05) is 49.5 Å². The molecule has 0 radical (unpaired) electrons. The lowest BCUT2D eigenvalue weighted by atomic mass is 10.1. The van der Waals surface area contributed by atoms with Crippen molar-refractivity contribution in [3.8, 4) is 10.6 Å². The topological polar surface area (TPSA) is 67.4 Å². The van der Waals surface area contributed by atoms with Gasteiger partial charge in [0.1, 0.15) is 16.5 Å². The Morgan fingerprint density at radius 3 is 2.68 bits per heavy atom. The molecule has 0 saturated carbocycles. The lowest BCUT2D eigenvalue weighted by Gasteiger charge is -2.27. The quantitative estimate of drug-likeness (QED) is 0.719. The van der Waals surface area contributed by atoms with E-state index in [1.165, 1.54) is 16.9 Å². The number of rotatable bonds is 5. The molecule has 0 spiro atoms. The molecule has 1 aliphatic heterocycles. The molecule has 144 valence electrons. The van der Waals surface area contributed by atoms with Crippen molar-refractivity contribution >= 4 is 23.1 Å². The van der Waals surface area contributed by atoms with Crippen molar-refractivity contribution in [1.29, 1.82) is 0 Å². The van der Waals surface area contributed by atoms with Gasteiger partial charge in [-0.2, -0.15) is 0 Å². The first-order chi connectivity index (χ1) is 13.7. The molecule has 0 aliphatic carbocycles. The fourth-order valence-corrected chi connectivity index (χ4v) is 3.77. The summed E-state index contributed by atoms with van der Waals surface area (Å²) >= 11 is 1.45. The van der Waals surface area contributed by atoms with Crippen molar-refractivity contribution in [2.75, 3.05) is 31.2 Å². The number of nitrogens with one attached hydrogen (secondary N) is 1. The summed E-state index contributed by atoms with van der Waals surface area (Å²) in [6, 6.07) is 12.1. The standard InChI is InChI=1S/C21H22N4O2S/c1-15-2-4-16(5-3-15)12-23-20(26)18-14-28-21(24-18)17-6-7-19(22-13-17)25-8-10-27-11-9-25/h2-7,13-14H,8-12H2,1H3,(H,23,26). The predicted molar refractivity (Wildman–Crippen MR) is 111 cm³/mol. The molecule has 3 heterocycles. The number of thiazole rings is 1. The third-order valence-corrected chi connectivity index (χ3v) is 5.53. The molecule has 1 fully saturated rings. The number of hydrogen-bond donors (Lipinski definition) is 1. The molecule has 7 heteroatoms. The van der Waals surface area contributed by atoms with Crippen molar-refractivity contribution in [2.45, 2.75) is 13.5 Å². The lowest BCUT2D eigenvalue weighted by molar-refractivity contribution is 0.0946. The zero-order valence-electron chi connectivity index (χ0n) is 15.7. The maximum Gasteiger partial charge on any atom is 0.271 e. The SMILES string of the molecule is Cc1ccc(CNC(=O)c2csc(-c3ccc(N4CCOCC4)nc3)n2)cc1. The number of pyridine rings is 1. The summed E-state index contributed by atoms with van der Waals surface area (Å²) in [5, 5.41) is 5.50. The lowest BCUT2D eigenvalue weighted by Crippen LogP contribution is -2.36. The van der Waals surface area contributed by atoms with Crippen LogP contribution in [-0.4, -0.2) is 42.2 Å². The second kappa shape index (κ2) is 8.50. The van der Waals surface area contributed by atoms with Crippen LogP contribution in [0.5, 0.6) is 0 Å². The van der Waals surface area contributed by atoms with Crippen LogP contribution in [-0.2, 0) is 11.3 Å². The van der Waals surface area contributed by atoms with Gasteiger partial charge in [-0.15, -0.1) is 11.3 Å². The highest BCUT2D eigenvalue weighted by molar-refractivity contribution is 7.13. The minimum Gasteiger partial charge on any atom is -0.378 e.